The second-order valence-electron chi connectivity index (χ2n) is 3.71. The van der Waals surface area contributed by atoms with Crippen LogP contribution in [-0.2, 0) is 5.41 Å². The van der Waals surface area contributed by atoms with Gasteiger partial charge in [-0.1, -0.05) is 32.5 Å². The predicted octanol–water partition coefficient (Wildman–Crippen LogP) is 1.92. The Morgan fingerprint density at radius 3 is 2.62 bits per heavy atom. The molecule has 0 radical (unpaired) electrons. The molecule has 0 atom stereocenters. The van der Waals surface area contributed by atoms with Crippen molar-refractivity contribution < 1.29 is 5.11 Å². The summed E-state index contributed by atoms with van der Waals surface area (Å²) in [6.45, 7) is 6.47. The van der Waals surface area contributed by atoms with Gasteiger partial charge in [0, 0.05) is 11.2 Å². The highest BCUT2D eigenvalue weighted by atomic mass is 32.2. The van der Waals surface area contributed by atoms with E-state index < -0.39 is 0 Å². The monoisotopic (exact) mass is 218 g/mol. The Hall–Kier alpha value is -0.130. The van der Waals surface area contributed by atoms with E-state index in [4.69, 9.17) is 5.11 Å². The van der Waals surface area contributed by atoms with Gasteiger partial charge in [-0.25, -0.2) is 4.98 Å². The van der Waals surface area contributed by atoms with Crippen LogP contribution in [0.5, 0.6) is 0 Å². The second kappa shape index (κ2) is 4.39. The van der Waals surface area contributed by atoms with Gasteiger partial charge in [-0.15, -0.1) is 0 Å². The molecule has 0 aliphatic carbocycles. The second-order valence-corrected chi connectivity index (χ2v) is 5.80. The van der Waals surface area contributed by atoms with Gasteiger partial charge in [0.2, 0.25) is 0 Å². The molecule has 0 aliphatic heterocycles. The van der Waals surface area contributed by atoms with Crippen LogP contribution in [-0.4, -0.2) is 26.8 Å². The van der Waals surface area contributed by atoms with Crippen molar-refractivity contribution in [3.05, 3.63) is 5.82 Å². The highest BCUT2D eigenvalue weighted by molar-refractivity contribution is 8.00. The first kappa shape index (κ1) is 10.9. The van der Waals surface area contributed by atoms with Gasteiger partial charge in [-0.2, -0.15) is 4.37 Å². The zero-order chi connectivity index (χ0) is 9.90. The average molecular weight is 218 g/mol. The van der Waals surface area contributed by atoms with E-state index in [1.807, 2.05) is 0 Å². The zero-order valence-electron chi connectivity index (χ0n) is 8.07. The Balaban J connectivity index is 2.64. The number of thioether (sulfide) groups is 1. The molecule has 0 saturated carbocycles. The van der Waals surface area contributed by atoms with Crippen LogP contribution in [0.2, 0.25) is 0 Å². The van der Waals surface area contributed by atoms with Gasteiger partial charge in [0.05, 0.1) is 6.61 Å². The molecule has 0 bridgehead atoms. The normalized spacial score (nSPS) is 12.0. The molecule has 0 aromatic carbocycles. The fourth-order valence-electron chi connectivity index (χ4n) is 0.706. The quantitative estimate of drug-likeness (QED) is 0.787. The number of hydrogen-bond donors (Lipinski definition) is 1. The topological polar surface area (TPSA) is 46.0 Å². The highest BCUT2D eigenvalue weighted by Crippen LogP contribution is 2.25. The molecule has 0 aliphatic rings. The third-order valence-electron chi connectivity index (χ3n) is 1.40. The first-order chi connectivity index (χ1) is 6.04. The smallest absolute Gasteiger partial charge is 0.170 e. The zero-order valence-corrected chi connectivity index (χ0v) is 9.71. The lowest BCUT2D eigenvalue weighted by Gasteiger charge is -2.11. The number of aliphatic hydroxyl groups excluding tert-OH is 1. The largest absolute Gasteiger partial charge is 0.396 e. The molecule has 0 spiro atoms. The van der Waals surface area contributed by atoms with E-state index >= 15 is 0 Å². The molecule has 1 N–H and O–H groups in total. The van der Waals surface area contributed by atoms with Crippen molar-refractivity contribution in [2.45, 2.75) is 30.5 Å². The molecule has 1 aromatic heterocycles. The van der Waals surface area contributed by atoms with E-state index in [1.165, 1.54) is 11.5 Å². The Bertz CT molecular complexity index is 267. The summed E-state index contributed by atoms with van der Waals surface area (Å²) in [6, 6.07) is 0. The molecule has 3 nitrogen and oxygen atoms in total. The summed E-state index contributed by atoms with van der Waals surface area (Å²) >= 11 is 2.96. The molecule has 0 amide bonds. The average Bonchev–Trinajstić information content (AvgIpc) is 2.47. The van der Waals surface area contributed by atoms with Gasteiger partial charge in [-0.3, -0.25) is 0 Å². The van der Waals surface area contributed by atoms with Crippen molar-refractivity contribution in [2.24, 2.45) is 0 Å². The van der Waals surface area contributed by atoms with E-state index in [0.29, 0.717) is 5.75 Å². The molecule has 74 valence electrons. The minimum absolute atomic E-state index is 0.0223. The van der Waals surface area contributed by atoms with Gasteiger partial charge >= 0.3 is 0 Å². The third-order valence-corrected chi connectivity index (χ3v) is 3.21. The van der Waals surface area contributed by atoms with Crippen LogP contribution < -0.4 is 0 Å². The minimum atomic E-state index is 0.0223. The molecule has 1 aromatic rings. The Labute approximate surface area is 86.8 Å². The van der Waals surface area contributed by atoms with Crippen LogP contribution in [0.25, 0.3) is 0 Å². The Kier molecular flexibility index (Phi) is 3.70. The van der Waals surface area contributed by atoms with Gasteiger partial charge in [0.25, 0.3) is 0 Å². The standard InChI is InChI=1S/C8H14N2OS2/c1-8(2,3)6-9-7(13-10-6)12-5-4-11/h11H,4-5H2,1-3H3. The van der Waals surface area contributed by atoms with Crippen molar-refractivity contribution in [3.8, 4) is 0 Å². The summed E-state index contributed by atoms with van der Waals surface area (Å²) in [5, 5.41) is 8.63. The maximum Gasteiger partial charge on any atom is 0.170 e. The summed E-state index contributed by atoms with van der Waals surface area (Å²) in [6.07, 6.45) is 0. The van der Waals surface area contributed by atoms with Gasteiger partial charge < -0.3 is 5.11 Å². The van der Waals surface area contributed by atoms with E-state index in [2.05, 4.69) is 30.1 Å². The summed E-state index contributed by atoms with van der Waals surface area (Å²) < 4.78 is 5.21. The van der Waals surface area contributed by atoms with E-state index in [9.17, 15) is 0 Å². The van der Waals surface area contributed by atoms with Crippen LogP contribution in [0, 0.1) is 0 Å². The van der Waals surface area contributed by atoms with Crippen molar-refractivity contribution >= 4 is 23.3 Å². The SMILES string of the molecule is CC(C)(C)c1nsc(SCCO)n1. The minimum Gasteiger partial charge on any atom is -0.396 e. The Morgan fingerprint density at radius 1 is 1.46 bits per heavy atom. The molecule has 1 rings (SSSR count). The summed E-state index contributed by atoms with van der Waals surface area (Å²) in [4.78, 5) is 4.38. The molecule has 0 fully saturated rings. The lowest BCUT2D eigenvalue weighted by atomic mass is 9.96. The van der Waals surface area contributed by atoms with Crippen LogP contribution >= 0.6 is 23.3 Å². The van der Waals surface area contributed by atoms with Crippen molar-refractivity contribution in [1.29, 1.82) is 0 Å². The first-order valence-electron chi connectivity index (χ1n) is 4.12. The van der Waals surface area contributed by atoms with Crippen molar-refractivity contribution in [1.82, 2.24) is 9.36 Å². The molecule has 13 heavy (non-hydrogen) atoms. The number of rotatable bonds is 3. The van der Waals surface area contributed by atoms with Crippen LogP contribution in [0.4, 0.5) is 0 Å². The number of nitrogens with zero attached hydrogens (tertiary/aromatic N) is 2. The molecule has 1 heterocycles. The van der Waals surface area contributed by atoms with Crippen LogP contribution in [0.1, 0.15) is 26.6 Å². The number of aliphatic hydroxyl groups is 1. The highest BCUT2D eigenvalue weighted by Gasteiger charge is 2.19. The predicted molar refractivity (Wildman–Crippen MR) is 56.4 cm³/mol. The lowest BCUT2D eigenvalue weighted by Crippen LogP contribution is -2.12. The number of hydrogen-bond acceptors (Lipinski definition) is 5. The molecule has 0 unspecified atom stereocenters. The number of aromatic nitrogens is 2. The third kappa shape index (κ3) is 3.25. The summed E-state index contributed by atoms with van der Waals surface area (Å²) in [7, 11) is 0. The van der Waals surface area contributed by atoms with Crippen molar-refractivity contribution in [3.63, 3.8) is 0 Å². The van der Waals surface area contributed by atoms with Gasteiger partial charge in [0.1, 0.15) is 5.82 Å². The molecule has 0 saturated heterocycles. The molecular weight excluding hydrogens is 204 g/mol. The molecule has 5 heteroatoms. The summed E-state index contributed by atoms with van der Waals surface area (Å²) in [5.41, 5.74) is 0.0223. The maximum absolute atomic E-state index is 8.63. The van der Waals surface area contributed by atoms with E-state index in [-0.39, 0.29) is 12.0 Å². The van der Waals surface area contributed by atoms with Gasteiger partial charge in [0.15, 0.2) is 4.34 Å². The first-order valence-corrected chi connectivity index (χ1v) is 5.88. The Morgan fingerprint density at radius 2 is 2.15 bits per heavy atom. The van der Waals surface area contributed by atoms with Crippen LogP contribution in [0.15, 0.2) is 4.34 Å². The lowest BCUT2D eigenvalue weighted by molar-refractivity contribution is 0.322. The van der Waals surface area contributed by atoms with Gasteiger partial charge in [-0.05, 0) is 11.5 Å². The fourth-order valence-corrected chi connectivity index (χ4v) is 2.30. The van der Waals surface area contributed by atoms with Crippen LogP contribution in [0.3, 0.4) is 0 Å². The van der Waals surface area contributed by atoms with E-state index in [0.717, 1.165) is 10.2 Å². The summed E-state index contributed by atoms with van der Waals surface area (Å²) in [5.74, 6) is 1.58. The van der Waals surface area contributed by atoms with Crippen molar-refractivity contribution in [2.75, 3.05) is 12.4 Å². The van der Waals surface area contributed by atoms with E-state index in [1.54, 1.807) is 11.8 Å². The fraction of sp³-hybridized carbons (Fsp3) is 0.750. The maximum atomic E-state index is 8.63. The molecular formula is C8H14N2OS2.